The van der Waals surface area contributed by atoms with Crippen LogP contribution in [-0.2, 0) is 7.05 Å². The van der Waals surface area contributed by atoms with Crippen LogP contribution < -0.4 is 10.6 Å². The van der Waals surface area contributed by atoms with Gasteiger partial charge in [-0.1, -0.05) is 5.21 Å². The predicted octanol–water partition coefficient (Wildman–Crippen LogP) is 2.69. The second-order valence-corrected chi connectivity index (χ2v) is 6.12. The summed E-state index contributed by atoms with van der Waals surface area (Å²) in [5.74, 6) is -1.72. The van der Waals surface area contributed by atoms with Crippen LogP contribution >= 0.6 is 0 Å². The average Bonchev–Trinajstić information content (AvgIpc) is 3.00. The fourth-order valence-electron chi connectivity index (χ4n) is 2.80. The number of nitrogen functional groups attached to an aromatic ring is 1. The van der Waals surface area contributed by atoms with Gasteiger partial charge in [-0.05, 0) is 32.0 Å². The molecule has 0 aliphatic rings. The Bertz CT molecular complexity index is 1050. The highest BCUT2D eigenvalue weighted by molar-refractivity contribution is 5.90. The Hall–Kier alpha value is -3.63. The molecule has 3 aromatic heterocycles. The minimum Gasteiger partial charge on any atom is -0.465 e. The standard InChI is InChI=1S/C17H17F2N7O2/c1-8-12(20)4-5-13(22-8)14-16(25(3)24-23-14)26(17(27)28)9(2)11-6-10(18)7-21-15(11)19/h4-7,9H,20H2,1-3H3,(H,27,28)/t9-/m1/s1. The van der Waals surface area contributed by atoms with Crippen molar-refractivity contribution in [2.45, 2.75) is 19.9 Å². The van der Waals surface area contributed by atoms with Gasteiger partial charge < -0.3 is 10.8 Å². The lowest BCUT2D eigenvalue weighted by Crippen LogP contribution is -2.34. The quantitative estimate of drug-likeness (QED) is 0.658. The maximum Gasteiger partial charge on any atom is 0.413 e. The summed E-state index contributed by atoms with van der Waals surface area (Å²) in [6.07, 6.45) is -0.690. The van der Waals surface area contributed by atoms with E-state index in [4.69, 9.17) is 5.73 Å². The Morgan fingerprint density at radius 2 is 2.07 bits per heavy atom. The van der Waals surface area contributed by atoms with Crippen molar-refractivity contribution in [1.29, 1.82) is 0 Å². The maximum atomic E-state index is 14.1. The average molecular weight is 389 g/mol. The number of carboxylic acid groups (broad SMARTS) is 1. The van der Waals surface area contributed by atoms with Gasteiger partial charge in [0.05, 0.1) is 29.3 Å². The summed E-state index contributed by atoms with van der Waals surface area (Å²) in [7, 11) is 1.48. The van der Waals surface area contributed by atoms with Crippen LogP contribution in [0.15, 0.2) is 24.4 Å². The van der Waals surface area contributed by atoms with Gasteiger partial charge in [0.25, 0.3) is 0 Å². The number of hydrogen-bond acceptors (Lipinski definition) is 6. The lowest BCUT2D eigenvalue weighted by molar-refractivity contribution is 0.199. The molecule has 0 fully saturated rings. The smallest absolute Gasteiger partial charge is 0.413 e. The SMILES string of the molecule is Cc1nc(-c2nnn(C)c2N(C(=O)O)[C@H](C)c2cc(F)cnc2F)ccc1N. The molecule has 0 radical (unpaired) electrons. The number of nitrogens with two attached hydrogens (primary N) is 1. The zero-order valence-electron chi connectivity index (χ0n) is 15.3. The topological polar surface area (TPSA) is 123 Å². The second-order valence-electron chi connectivity index (χ2n) is 6.12. The Balaban J connectivity index is 2.16. The van der Waals surface area contributed by atoms with Crippen molar-refractivity contribution in [3.63, 3.8) is 0 Å². The number of halogens is 2. The third-order valence-corrected chi connectivity index (χ3v) is 4.27. The molecule has 0 saturated carbocycles. The van der Waals surface area contributed by atoms with Crippen molar-refractivity contribution in [2.24, 2.45) is 7.05 Å². The van der Waals surface area contributed by atoms with E-state index in [-0.39, 0.29) is 17.1 Å². The van der Waals surface area contributed by atoms with Crippen LogP contribution in [0.2, 0.25) is 0 Å². The fraction of sp³-hybridized carbons (Fsp3) is 0.235. The highest BCUT2D eigenvalue weighted by Crippen LogP contribution is 2.34. The molecule has 0 unspecified atom stereocenters. The summed E-state index contributed by atoms with van der Waals surface area (Å²) in [5.41, 5.74) is 7.05. The summed E-state index contributed by atoms with van der Waals surface area (Å²) in [4.78, 5) is 20.5. The maximum absolute atomic E-state index is 14.1. The summed E-state index contributed by atoms with van der Waals surface area (Å²) in [6, 6.07) is 2.97. The summed E-state index contributed by atoms with van der Waals surface area (Å²) in [6.45, 7) is 3.10. The van der Waals surface area contributed by atoms with Crippen LogP contribution in [0.25, 0.3) is 11.4 Å². The molecule has 0 aromatic carbocycles. The Labute approximate surface area is 158 Å². The molecule has 3 aromatic rings. The van der Waals surface area contributed by atoms with Crippen molar-refractivity contribution in [3.05, 3.63) is 47.4 Å². The first-order valence-corrected chi connectivity index (χ1v) is 8.17. The van der Waals surface area contributed by atoms with Crippen LogP contribution in [0.4, 0.5) is 25.1 Å². The third-order valence-electron chi connectivity index (χ3n) is 4.27. The van der Waals surface area contributed by atoms with Crippen molar-refractivity contribution >= 4 is 17.6 Å². The van der Waals surface area contributed by atoms with Crippen molar-refractivity contribution in [2.75, 3.05) is 10.6 Å². The predicted molar refractivity (Wildman–Crippen MR) is 96.5 cm³/mol. The third kappa shape index (κ3) is 3.33. The van der Waals surface area contributed by atoms with Gasteiger partial charge in [0.1, 0.15) is 5.82 Å². The number of aromatic nitrogens is 5. The molecule has 9 nitrogen and oxygen atoms in total. The monoisotopic (exact) mass is 389 g/mol. The molecule has 0 aliphatic heterocycles. The van der Waals surface area contributed by atoms with Crippen LogP contribution in [-0.4, -0.2) is 36.2 Å². The molecule has 11 heteroatoms. The summed E-state index contributed by atoms with van der Waals surface area (Å²) < 4.78 is 28.9. The van der Waals surface area contributed by atoms with E-state index in [1.807, 2.05) is 0 Å². The second kappa shape index (κ2) is 7.18. The number of nitrogens with zero attached hydrogens (tertiary/aromatic N) is 6. The number of anilines is 2. The number of amides is 1. The van der Waals surface area contributed by atoms with Gasteiger partial charge in [-0.25, -0.2) is 23.8 Å². The largest absolute Gasteiger partial charge is 0.465 e. The summed E-state index contributed by atoms with van der Waals surface area (Å²) in [5, 5.41) is 17.7. The molecular formula is C17H17F2N7O2. The zero-order chi connectivity index (χ0) is 20.6. The molecule has 1 amide bonds. The molecule has 0 aliphatic carbocycles. The number of hydrogen-bond donors (Lipinski definition) is 2. The van der Waals surface area contributed by atoms with Gasteiger partial charge in [0, 0.05) is 12.6 Å². The molecule has 28 heavy (non-hydrogen) atoms. The molecule has 0 spiro atoms. The highest BCUT2D eigenvalue weighted by Gasteiger charge is 2.32. The Kier molecular flexibility index (Phi) is 4.91. The van der Waals surface area contributed by atoms with Gasteiger partial charge in [-0.3, -0.25) is 4.90 Å². The van der Waals surface area contributed by atoms with E-state index < -0.39 is 23.9 Å². The first kappa shape index (κ1) is 19.1. The van der Waals surface area contributed by atoms with Crippen molar-refractivity contribution in [1.82, 2.24) is 25.0 Å². The van der Waals surface area contributed by atoms with E-state index in [2.05, 4.69) is 20.3 Å². The minimum atomic E-state index is -1.41. The van der Waals surface area contributed by atoms with Crippen LogP contribution in [0.1, 0.15) is 24.2 Å². The van der Waals surface area contributed by atoms with E-state index >= 15 is 0 Å². The van der Waals surface area contributed by atoms with E-state index in [1.165, 1.54) is 18.7 Å². The Morgan fingerprint density at radius 3 is 2.71 bits per heavy atom. The lowest BCUT2D eigenvalue weighted by Gasteiger charge is -2.27. The van der Waals surface area contributed by atoms with Crippen LogP contribution in [0.5, 0.6) is 0 Å². The van der Waals surface area contributed by atoms with E-state index in [0.717, 1.165) is 17.2 Å². The molecular weight excluding hydrogens is 372 g/mol. The lowest BCUT2D eigenvalue weighted by atomic mass is 10.1. The molecule has 0 saturated heterocycles. The van der Waals surface area contributed by atoms with Crippen molar-refractivity contribution < 1.29 is 18.7 Å². The van der Waals surface area contributed by atoms with Crippen LogP contribution in [0, 0.1) is 18.7 Å². The fourth-order valence-corrected chi connectivity index (χ4v) is 2.80. The van der Waals surface area contributed by atoms with Gasteiger partial charge in [-0.15, -0.1) is 5.10 Å². The molecule has 146 valence electrons. The van der Waals surface area contributed by atoms with Gasteiger partial charge >= 0.3 is 6.09 Å². The highest BCUT2D eigenvalue weighted by atomic mass is 19.1. The van der Waals surface area contributed by atoms with Gasteiger partial charge in [0.15, 0.2) is 11.5 Å². The van der Waals surface area contributed by atoms with Crippen molar-refractivity contribution in [3.8, 4) is 11.4 Å². The molecule has 3 N–H and O–H groups in total. The number of aryl methyl sites for hydroxylation is 2. The number of rotatable bonds is 4. The Morgan fingerprint density at radius 1 is 1.36 bits per heavy atom. The first-order chi connectivity index (χ1) is 13.2. The normalized spacial score (nSPS) is 12.0. The zero-order valence-corrected chi connectivity index (χ0v) is 15.3. The summed E-state index contributed by atoms with van der Waals surface area (Å²) >= 11 is 0. The van der Waals surface area contributed by atoms with Gasteiger partial charge in [-0.2, -0.15) is 4.39 Å². The molecule has 3 heterocycles. The molecule has 3 rings (SSSR count). The van der Waals surface area contributed by atoms with Gasteiger partial charge in [0.2, 0.25) is 5.95 Å². The molecule has 1 atom stereocenters. The van der Waals surface area contributed by atoms with Crippen LogP contribution in [0.3, 0.4) is 0 Å². The van der Waals surface area contributed by atoms with E-state index in [1.54, 1.807) is 19.1 Å². The first-order valence-electron chi connectivity index (χ1n) is 8.17. The number of carbonyl (C=O) groups is 1. The minimum absolute atomic E-state index is 0.0420. The van der Waals surface area contributed by atoms with E-state index in [9.17, 15) is 18.7 Å². The van der Waals surface area contributed by atoms with E-state index in [0.29, 0.717) is 17.1 Å². The number of pyridine rings is 2. The molecule has 0 bridgehead atoms.